The average Bonchev–Trinajstić information content (AvgIpc) is 2.82. The number of hydrogen-bond acceptors (Lipinski definition) is 5. The molecule has 2 aromatic rings. The first-order valence-electron chi connectivity index (χ1n) is 5.08. The Morgan fingerprint density at radius 1 is 1.50 bits per heavy atom. The molecule has 0 unspecified atom stereocenters. The van der Waals surface area contributed by atoms with E-state index in [-0.39, 0.29) is 29.0 Å². The molecule has 0 bridgehead atoms. The Labute approximate surface area is 107 Å². The van der Waals surface area contributed by atoms with Gasteiger partial charge in [-0.1, -0.05) is 17.7 Å². The van der Waals surface area contributed by atoms with Crippen LogP contribution in [0.15, 0.2) is 22.6 Å². The molecule has 0 aliphatic heterocycles. The first kappa shape index (κ1) is 12.5. The van der Waals surface area contributed by atoms with Crippen molar-refractivity contribution < 1.29 is 18.3 Å². The lowest BCUT2D eigenvalue weighted by Crippen LogP contribution is -2.04. The van der Waals surface area contributed by atoms with Crippen molar-refractivity contribution >= 4 is 17.6 Å². The predicted octanol–water partition coefficient (Wildman–Crippen LogP) is 2.71. The third kappa shape index (κ3) is 2.33. The standard InChI is InChI=1S/C11H8ClFN2O3/c1-2-17-11(16)10-15-14-9(18-10)6-4-3-5-7(13)8(6)12/h3-5H,2H2,1H3. The van der Waals surface area contributed by atoms with E-state index in [4.69, 9.17) is 16.0 Å². The molecule has 0 atom stereocenters. The van der Waals surface area contributed by atoms with Crippen LogP contribution in [0, 0.1) is 5.82 Å². The molecule has 1 aromatic carbocycles. The summed E-state index contributed by atoms with van der Waals surface area (Å²) in [5.41, 5.74) is 0.222. The Kier molecular flexibility index (Phi) is 3.57. The number of halogens is 2. The van der Waals surface area contributed by atoms with Crippen LogP contribution in [0.3, 0.4) is 0 Å². The third-order valence-electron chi connectivity index (χ3n) is 2.06. The zero-order valence-corrected chi connectivity index (χ0v) is 10.1. The van der Waals surface area contributed by atoms with E-state index in [1.807, 2.05) is 0 Å². The number of nitrogens with zero attached hydrogens (tertiary/aromatic N) is 2. The quantitative estimate of drug-likeness (QED) is 0.802. The maximum Gasteiger partial charge on any atom is 0.396 e. The summed E-state index contributed by atoms with van der Waals surface area (Å²) in [5.74, 6) is -1.68. The predicted molar refractivity (Wildman–Crippen MR) is 60.7 cm³/mol. The molecule has 7 heteroatoms. The second-order valence-electron chi connectivity index (χ2n) is 3.23. The van der Waals surface area contributed by atoms with Gasteiger partial charge in [0.1, 0.15) is 5.82 Å². The van der Waals surface area contributed by atoms with E-state index in [1.165, 1.54) is 18.2 Å². The number of ether oxygens (including phenoxy) is 1. The molecule has 0 spiro atoms. The summed E-state index contributed by atoms with van der Waals surface area (Å²) >= 11 is 5.76. The van der Waals surface area contributed by atoms with Crippen LogP contribution in [-0.2, 0) is 4.74 Å². The second kappa shape index (κ2) is 5.14. The number of carbonyl (C=O) groups is 1. The molecule has 1 aromatic heterocycles. The zero-order chi connectivity index (χ0) is 13.1. The molecule has 5 nitrogen and oxygen atoms in total. The Balaban J connectivity index is 2.35. The fourth-order valence-corrected chi connectivity index (χ4v) is 1.48. The number of aromatic nitrogens is 2. The summed E-state index contributed by atoms with van der Waals surface area (Å²) in [5, 5.41) is 6.99. The van der Waals surface area contributed by atoms with Crippen LogP contribution >= 0.6 is 11.6 Å². The van der Waals surface area contributed by atoms with E-state index >= 15 is 0 Å². The third-order valence-corrected chi connectivity index (χ3v) is 2.44. The van der Waals surface area contributed by atoms with Crippen LogP contribution in [0.25, 0.3) is 11.5 Å². The van der Waals surface area contributed by atoms with Crippen LogP contribution < -0.4 is 0 Å². The van der Waals surface area contributed by atoms with Gasteiger partial charge in [-0.15, -0.1) is 10.2 Å². The van der Waals surface area contributed by atoms with Crippen molar-refractivity contribution in [3.8, 4) is 11.5 Å². The first-order valence-corrected chi connectivity index (χ1v) is 5.46. The van der Waals surface area contributed by atoms with E-state index in [0.717, 1.165) is 0 Å². The highest BCUT2D eigenvalue weighted by atomic mass is 35.5. The molecule has 0 amide bonds. The SMILES string of the molecule is CCOC(=O)c1nnc(-c2cccc(F)c2Cl)o1. The summed E-state index contributed by atoms with van der Waals surface area (Å²) < 4.78 is 23.0. The molecule has 2 rings (SSSR count). The van der Waals surface area contributed by atoms with Crippen molar-refractivity contribution in [1.29, 1.82) is 0 Å². The molecular weight excluding hydrogens is 263 g/mol. The van der Waals surface area contributed by atoms with Crippen LogP contribution in [0.1, 0.15) is 17.6 Å². The van der Waals surface area contributed by atoms with Crippen LogP contribution in [0.2, 0.25) is 5.02 Å². The maximum atomic E-state index is 13.2. The van der Waals surface area contributed by atoms with Gasteiger partial charge in [0.15, 0.2) is 0 Å². The van der Waals surface area contributed by atoms with Gasteiger partial charge < -0.3 is 9.15 Å². The lowest BCUT2D eigenvalue weighted by molar-refractivity contribution is 0.0481. The van der Waals surface area contributed by atoms with Crippen LogP contribution in [0.5, 0.6) is 0 Å². The molecule has 0 N–H and O–H groups in total. The highest BCUT2D eigenvalue weighted by Crippen LogP contribution is 2.28. The number of rotatable bonds is 3. The van der Waals surface area contributed by atoms with Gasteiger partial charge in [0, 0.05) is 0 Å². The second-order valence-corrected chi connectivity index (χ2v) is 3.61. The van der Waals surface area contributed by atoms with Gasteiger partial charge in [0.2, 0.25) is 5.89 Å². The average molecular weight is 271 g/mol. The van der Waals surface area contributed by atoms with Gasteiger partial charge in [-0.2, -0.15) is 0 Å². The monoisotopic (exact) mass is 270 g/mol. The minimum Gasteiger partial charge on any atom is -0.459 e. The Morgan fingerprint density at radius 3 is 3.00 bits per heavy atom. The van der Waals surface area contributed by atoms with Gasteiger partial charge in [-0.3, -0.25) is 0 Å². The topological polar surface area (TPSA) is 65.2 Å². The van der Waals surface area contributed by atoms with Crippen LogP contribution in [0.4, 0.5) is 4.39 Å². The number of benzene rings is 1. The van der Waals surface area contributed by atoms with Gasteiger partial charge in [-0.05, 0) is 19.1 Å². The van der Waals surface area contributed by atoms with Gasteiger partial charge in [0.05, 0.1) is 17.2 Å². The fourth-order valence-electron chi connectivity index (χ4n) is 1.28. The van der Waals surface area contributed by atoms with Crippen LogP contribution in [-0.4, -0.2) is 22.8 Å². The van der Waals surface area contributed by atoms with Gasteiger partial charge >= 0.3 is 11.9 Å². The maximum absolute atomic E-state index is 13.2. The summed E-state index contributed by atoms with van der Waals surface area (Å²) in [6.07, 6.45) is 0. The minimum atomic E-state index is -0.733. The van der Waals surface area contributed by atoms with E-state index < -0.39 is 11.8 Å². The minimum absolute atomic E-state index is 0.0393. The molecule has 0 saturated carbocycles. The molecule has 0 aliphatic rings. The number of carbonyl (C=O) groups excluding carboxylic acids is 1. The van der Waals surface area contributed by atoms with Crippen molar-refractivity contribution in [1.82, 2.24) is 10.2 Å². The largest absolute Gasteiger partial charge is 0.459 e. The smallest absolute Gasteiger partial charge is 0.396 e. The fraction of sp³-hybridized carbons (Fsp3) is 0.182. The van der Waals surface area contributed by atoms with Gasteiger partial charge in [0.25, 0.3) is 0 Å². The molecule has 0 saturated heterocycles. The summed E-state index contributed by atoms with van der Waals surface area (Å²) in [4.78, 5) is 11.3. The summed E-state index contributed by atoms with van der Waals surface area (Å²) in [6.45, 7) is 1.84. The van der Waals surface area contributed by atoms with Gasteiger partial charge in [-0.25, -0.2) is 9.18 Å². The highest BCUT2D eigenvalue weighted by molar-refractivity contribution is 6.33. The van der Waals surface area contributed by atoms with E-state index in [1.54, 1.807) is 6.92 Å². The molecule has 0 radical (unpaired) electrons. The summed E-state index contributed by atoms with van der Waals surface area (Å²) in [7, 11) is 0. The van der Waals surface area contributed by atoms with Crippen molar-refractivity contribution in [3.05, 3.63) is 34.9 Å². The van der Waals surface area contributed by atoms with Crippen molar-refractivity contribution in [2.75, 3.05) is 6.61 Å². The normalized spacial score (nSPS) is 10.4. The Hall–Kier alpha value is -1.95. The lowest BCUT2D eigenvalue weighted by Gasteiger charge is -1.99. The van der Waals surface area contributed by atoms with Crippen molar-refractivity contribution in [2.45, 2.75) is 6.92 Å². The Bertz CT molecular complexity index is 585. The molecule has 1 heterocycles. The van der Waals surface area contributed by atoms with E-state index in [2.05, 4.69) is 14.9 Å². The Morgan fingerprint density at radius 2 is 2.28 bits per heavy atom. The zero-order valence-electron chi connectivity index (χ0n) is 9.31. The van der Waals surface area contributed by atoms with E-state index in [9.17, 15) is 9.18 Å². The molecule has 18 heavy (non-hydrogen) atoms. The number of esters is 1. The molecule has 94 valence electrons. The van der Waals surface area contributed by atoms with Crippen molar-refractivity contribution in [2.24, 2.45) is 0 Å². The summed E-state index contributed by atoms with van der Waals surface area (Å²) in [6, 6.07) is 4.16. The molecule has 0 aliphatic carbocycles. The van der Waals surface area contributed by atoms with E-state index in [0.29, 0.717) is 0 Å². The first-order chi connectivity index (χ1) is 8.63. The molecule has 0 fully saturated rings. The lowest BCUT2D eigenvalue weighted by atomic mass is 10.2. The van der Waals surface area contributed by atoms with Crippen molar-refractivity contribution in [3.63, 3.8) is 0 Å². The molecular formula is C11H8ClFN2O3. The number of hydrogen-bond donors (Lipinski definition) is 0. The highest BCUT2D eigenvalue weighted by Gasteiger charge is 2.19.